The van der Waals surface area contributed by atoms with E-state index in [0.29, 0.717) is 14.9 Å². The Balaban J connectivity index is 1.70. The Hall–Kier alpha value is -2.33. The minimum atomic E-state index is -4.55. The van der Waals surface area contributed by atoms with Crippen LogP contribution in [-0.2, 0) is 6.18 Å². The largest absolute Gasteiger partial charge is 0.418 e. The SMILES string of the molecule is CSc1nc(N2CCCC2)c2cc(C(=O)Nc3ccccc3C(F)(F)F)sc2n1. The average molecular weight is 439 g/mol. The van der Waals surface area contributed by atoms with Crippen molar-refractivity contribution < 1.29 is 18.0 Å². The Morgan fingerprint density at radius 3 is 2.62 bits per heavy atom. The minimum Gasteiger partial charge on any atom is -0.356 e. The number of thiophene rings is 1. The lowest BCUT2D eigenvalue weighted by Gasteiger charge is -2.17. The Morgan fingerprint density at radius 1 is 1.21 bits per heavy atom. The second-order valence-electron chi connectivity index (χ2n) is 6.56. The van der Waals surface area contributed by atoms with Crippen molar-refractivity contribution in [3.63, 3.8) is 0 Å². The molecule has 1 aliphatic rings. The van der Waals surface area contributed by atoms with E-state index in [2.05, 4.69) is 20.2 Å². The summed E-state index contributed by atoms with van der Waals surface area (Å²) in [6.45, 7) is 1.77. The van der Waals surface area contributed by atoms with E-state index >= 15 is 0 Å². The molecule has 1 amide bonds. The minimum absolute atomic E-state index is 0.266. The molecule has 10 heteroatoms. The smallest absolute Gasteiger partial charge is 0.356 e. The predicted molar refractivity (Wildman–Crippen MR) is 110 cm³/mol. The fourth-order valence-electron chi connectivity index (χ4n) is 3.28. The number of thioether (sulfide) groups is 1. The van der Waals surface area contributed by atoms with Crippen LogP contribution in [0.25, 0.3) is 10.2 Å². The number of amides is 1. The van der Waals surface area contributed by atoms with E-state index < -0.39 is 17.6 Å². The van der Waals surface area contributed by atoms with E-state index in [1.807, 2.05) is 6.26 Å². The number of benzene rings is 1. The summed E-state index contributed by atoms with van der Waals surface area (Å²) < 4.78 is 39.6. The van der Waals surface area contributed by atoms with Gasteiger partial charge in [0.05, 0.1) is 21.5 Å². The van der Waals surface area contributed by atoms with Crippen molar-refractivity contribution >= 4 is 50.7 Å². The van der Waals surface area contributed by atoms with Gasteiger partial charge >= 0.3 is 6.18 Å². The zero-order valence-corrected chi connectivity index (χ0v) is 17.0. The van der Waals surface area contributed by atoms with Crippen molar-refractivity contribution in [2.24, 2.45) is 0 Å². The molecule has 4 rings (SSSR count). The molecule has 0 bridgehead atoms. The summed E-state index contributed by atoms with van der Waals surface area (Å²) >= 11 is 2.57. The topological polar surface area (TPSA) is 58.1 Å². The zero-order chi connectivity index (χ0) is 20.6. The fourth-order valence-corrected chi connectivity index (χ4v) is 4.62. The summed E-state index contributed by atoms with van der Waals surface area (Å²) in [6, 6.07) is 6.61. The average Bonchev–Trinajstić information content (AvgIpc) is 3.36. The van der Waals surface area contributed by atoms with Gasteiger partial charge in [-0.25, -0.2) is 9.97 Å². The monoisotopic (exact) mass is 438 g/mol. The van der Waals surface area contributed by atoms with Gasteiger partial charge in [-0.3, -0.25) is 4.79 Å². The summed E-state index contributed by atoms with van der Waals surface area (Å²) in [4.78, 5) is 24.9. The normalized spacial score (nSPS) is 14.6. The first-order valence-electron chi connectivity index (χ1n) is 8.95. The molecule has 0 atom stereocenters. The highest BCUT2D eigenvalue weighted by Gasteiger charge is 2.33. The standard InChI is InChI=1S/C19H17F3N4OS2/c1-28-18-24-15(26-8-4-5-9-26)11-10-14(29-17(11)25-18)16(27)23-13-7-3-2-6-12(13)19(20,21)22/h2-3,6-7,10H,4-5,8-9H2,1H3,(H,23,27). The number of aromatic nitrogens is 2. The van der Waals surface area contributed by atoms with Crippen molar-refractivity contribution in [2.75, 3.05) is 29.6 Å². The van der Waals surface area contributed by atoms with E-state index in [0.717, 1.165) is 54.5 Å². The summed E-state index contributed by atoms with van der Waals surface area (Å²) in [5, 5.41) is 3.76. The van der Waals surface area contributed by atoms with Gasteiger partial charge < -0.3 is 10.2 Å². The number of halogens is 3. The van der Waals surface area contributed by atoms with E-state index in [4.69, 9.17) is 0 Å². The molecule has 0 aliphatic carbocycles. The van der Waals surface area contributed by atoms with E-state index in [1.54, 1.807) is 6.07 Å². The summed E-state index contributed by atoms with van der Waals surface area (Å²) in [5.41, 5.74) is -1.14. The van der Waals surface area contributed by atoms with E-state index in [9.17, 15) is 18.0 Å². The maximum atomic E-state index is 13.2. The Morgan fingerprint density at radius 2 is 1.93 bits per heavy atom. The second-order valence-corrected chi connectivity index (χ2v) is 8.36. The molecule has 1 aliphatic heterocycles. The number of anilines is 2. The highest BCUT2D eigenvalue weighted by Crippen LogP contribution is 2.37. The van der Waals surface area contributed by atoms with Crippen molar-refractivity contribution in [2.45, 2.75) is 24.2 Å². The molecular formula is C19H17F3N4OS2. The molecule has 1 N–H and O–H groups in total. The van der Waals surface area contributed by atoms with Gasteiger partial charge in [0.25, 0.3) is 5.91 Å². The molecule has 0 unspecified atom stereocenters. The van der Waals surface area contributed by atoms with Crippen LogP contribution in [0.5, 0.6) is 0 Å². The molecular weight excluding hydrogens is 421 g/mol. The Labute approximate surface area is 173 Å². The molecule has 29 heavy (non-hydrogen) atoms. The van der Waals surface area contributed by atoms with Crippen LogP contribution < -0.4 is 10.2 Å². The van der Waals surface area contributed by atoms with Gasteiger partial charge in [0.15, 0.2) is 5.16 Å². The first-order chi connectivity index (χ1) is 13.9. The number of para-hydroxylation sites is 1. The van der Waals surface area contributed by atoms with Crippen molar-refractivity contribution in [1.29, 1.82) is 0 Å². The lowest BCUT2D eigenvalue weighted by atomic mass is 10.1. The van der Waals surface area contributed by atoms with Gasteiger partial charge in [-0.05, 0) is 37.3 Å². The lowest BCUT2D eigenvalue weighted by Crippen LogP contribution is -2.19. The first kappa shape index (κ1) is 20.0. The number of carbonyl (C=O) groups is 1. The van der Waals surface area contributed by atoms with Gasteiger partial charge in [-0.2, -0.15) is 13.2 Å². The predicted octanol–water partition coefficient (Wildman–Crippen LogP) is 5.28. The summed E-state index contributed by atoms with van der Waals surface area (Å²) in [6.07, 6.45) is -0.520. The second kappa shape index (κ2) is 7.83. The third-order valence-electron chi connectivity index (χ3n) is 4.64. The molecule has 1 fully saturated rings. The lowest BCUT2D eigenvalue weighted by molar-refractivity contribution is -0.136. The van der Waals surface area contributed by atoms with Crippen LogP contribution in [0.15, 0.2) is 35.5 Å². The Bertz CT molecular complexity index is 1060. The zero-order valence-electron chi connectivity index (χ0n) is 15.4. The molecule has 1 saturated heterocycles. The number of hydrogen-bond acceptors (Lipinski definition) is 6. The Kier molecular flexibility index (Phi) is 5.39. The van der Waals surface area contributed by atoms with E-state index in [-0.39, 0.29) is 5.69 Å². The van der Waals surface area contributed by atoms with Gasteiger partial charge in [-0.15, -0.1) is 11.3 Å². The number of rotatable bonds is 4. The first-order valence-corrected chi connectivity index (χ1v) is 11.0. The van der Waals surface area contributed by atoms with Crippen molar-refractivity contribution in [3.05, 3.63) is 40.8 Å². The van der Waals surface area contributed by atoms with Crippen LogP contribution in [0.3, 0.4) is 0 Å². The van der Waals surface area contributed by atoms with Gasteiger partial charge in [-0.1, -0.05) is 23.9 Å². The van der Waals surface area contributed by atoms with Gasteiger partial charge in [0, 0.05) is 13.1 Å². The van der Waals surface area contributed by atoms with Crippen LogP contribution in [0.4, 0.5) is 24.7 Å². The molecule has 0 radical (unpaired) electrons. The fraction of sp³-hybridized carbons (Fsp3) is 0.316. The number of nitrogens with one attached hydrogen (secondary N) is 1. The molecule has 0 spiro atoms. The molecule has 3 aromatic rings. The quantitative estimate of drug-likeness (QED) is 0.443. The molecule has 152 valence electrons. The molecule has 0 saturated carbocycles. The third-order valence-corrected chi connectivity index (χ3v) is 6.22. The van der Waals surface area contributed by atoms with E-state index in [1.165, 1.54) is 30.0 Å². The maximum absolute atomic E-state index is 13.2. The highest BCUT2D eigenvalue weighted by atomic mass is 32.2. The van der Waals surface area contributed by atoms with Crippen LogP contribution in [0.2, 0.25) is 0 Å². The number of fused-ring (bicyclic) bond motifs is 1. The maximum Gasteiger partial charge on any atom is 0.418 e. The summed E-state index contributed by atoms with van der Waals surface area (Å²) in [5.74, 6) is 0.186. The van der Waals surface area contributed by atoms with Crippen molar-refractivity contribution in [3.8, 4) is 0 Å². The van der Waals surface area contributed by atoms with Crippen LogP contribution in [0.1, 0.15) is 28.1 Å². The van der Waals surface area contributed by atoms with Gasteiger partial charge in [0.2, 0.25) is 0 Å². The highest BCUT2D eigenvalue weighted by molar-refractivity contribution is 7.98. The molecule has 3 heterocycles. The molecule has 2 aromatic heterocycles. The molecule has 5 nitrogen and oxygen atoms in total. The van der Waals surface area contributed by atoms with Gasteiger partial charge in [0.1, 0.15) is 10.6 Å². The summed E-state index contributed by atoms with van der Waals surface area (Å²) in [7, 11) is 0. The van der Waals surface area contributed by atoms with Crippen molar-refractivity contribution in [1.82, 2.24) is 9.97 Å². The van der Waals surface area contributed by atoms with Crippen LogP contribution in [0, 0.1) is 0 Å². The third kappa shape index (κ3) is 4.04. The number of hydrogen-bond donors (Lipinski definition) is 1. The van der Waals surface area contributed by atoms with Crippen LogP contribution >= 0.6 is 23.1 Å². The van der Waals surface area contributed by atoms with Crippen LogP contribution in [-0.4, -0.2) is 35.2 Å². The number of carbonyl (C=O) groups excluding carboxylic acids is 1. The molecule has 1 aromatic carbocycles. The number of alkyl halides is 3. The number of nitrogens with zero attached hydrogens (tertiary/aromatic N) is 3.